The van der Waals surface area contributed by atoms with Crippen LogP contribution in [-0.4, -0.2) is 55.9 Å². The number of nitrogens with one attached hydrogen (secondary N) is 2. The number of hydrogen-bond donors (Lipinski definition) is 2. The maximum absolute atomic E-state index is 13.0. The molecule has 0 spiro atoms. The highest BCUT2D eigenvalue weighted by atomic mass is 16.6. The number of nitrogens with zero attached hydrogens (tertiary/aromatic N) is 5. The zero-order chi connectivity index (χ0) is 30.1. The Balaban J connectivity index is 1.03. The average molecular weight is 582 g/mol. The van der Waals surface area contributed by atoms with Crippen molar-refractivity contribution in [1.82, 2.24) is 25.0 Å². The molecule has 224 valence electrons. The molecule has 1 fully saturated rings. The van der Waals surface area contributed by atoms with Crippen LogP contribution in [0.15, 0.2) is 59.2 Å². The number of aryl methyl sites for hydroxylation is 2. The maximum Gasteiger partial charge on any atom is 0.324 e. The van der Waals surface area contributed by atoms with Crippen molar-refractivity contribution in [2.24, 2.45) is 5.92 Å². The van der Waals surface area contributed by atoms with E-state index in [0.29, 0.717) is 23.1 Å². The lowest BCUT2D eigenvalue weighted by molar-refractivity contribution is 0.0700. The molecule has 0 radical (unpaired) electrons. The summed E-state index contributed by atoms with van der Waals surface area (Å²) in [6.07, 6.45) is 4.57. The normalized spacial score (nSPS) is 18.0. The highest BCUT2D eigenvalue weighted by molar-refractivity contribution is 6.00. The summed E-state index contributed by atoms with van der Waals surface area (Å²) in [5.41, 5.74) is 5.84. The van der Waals surface area contributed by atoms with E-state index in [1.807, 2.05) is 49.4 Å². The van der Waals surface area contributed by atoms with Crippen molar-refractivity contribution >= 4 is 23.3 Å². The molecule has 0 saturated carbocycles. The van der Waals surface area contributed by atoms with Crippen LogP contribution in [-0.2, 0) is 18.3 Å². The Bertz CT molecular complexity index is 1590. The maximum atomic E-state index is 13.0. The number of rotatable bonds is 6. The first kappa shape index (κ1) is 28.8. The fourth-order valence-corrected chi connectivity index (χ4v) is 5.99. The van der Waals surface area contributed by atoms with E-state index in [9.17, 15) is 9.59 Å². The first-order valence-electron chi connectivity index (χ1n) is 15.1. The van der Waals surface area contributed by atoms with Crippen LogP contribution < -0.4 is 10.6 Å². The Labute approximate surface area is 251 Å². The SMILES string of the molecule is Cc1ccc(-n2nc(C(C)(C)C)cc2NC(=O)Nc2ccc(CC3CCN(C4CCc5nonc5C4=O)CC3)cc2)cc1. The van der Waals surface area contributed by atoms with Crippen molar-refractivity contribution in [3.63, 3.8) is 0 Å². The lowest BCUT2D eigenvalue weighted by atomic mass is 9.87. The fourth-order valence-electron chi connectivity index (χ4n) is 5.99. The second-order valence-electron chi connectivity index (χ2n) is 12.8. The largest absolute Gasteiger partial charge is 0.324 e. The lowest BCUT2D eigenvalue weighted by Crippen LogP contribution is -2.47. The van der Waals surface area contributed by atoms with Crippen LogP contribution in [0.1, 0.15) is 73.0 Å². The Hall–Kier alpha value is -4.31. The molecule has 4 aromatic rings. The molecule has 43 heavy (non-hydrogen) atoms. The van der Waals surface area contributed by atoms with Gasteiger partial charge in [-0.2, -0.15) is 5.10 Å². The molecule has 1 saturated heterocycles. The van der Waals surface area contributed by atoms with Crippen molar-refractivity contribution in [1.29, 1.82) is 0 Å². The number of likely N-dealkylation sites (tertiary alicyclic amines) is 1. The molecule has 0 bridgehead atoms. The van der Waals surface area contributed by atoms with Crippen molar-refractivity contribution in [2.75, 3.05) is 23.7 Å². The number of fused-ring (bicyclic) bond motifs is 1. The molecular formula is C33H39N7O3. The topological polar surface area (TPSA) is 118 Å². The summed E-state index contributed by atoms with van der Waals surface area (Å²) >= 11 is 0. The van der Waals surface area contributed by atoms with Gasteiger partial charge in [-0.3, -0.25) is 15.0 Å². The van der Waals surface area contributed by atoms with E-state index < -0.39 is 0 Å². The van der Waals surface area contributed by atoms with Crippen LogP contribution in [0.4, 0.5) is 16.3 Å². The smallest absolute Gasteiger partial charge is 0.308 e. The van der Waals surface area contributed by atoms with Crippen LogP contribution in [0, 0.1) is 12.8 Å². The Kier molecular flexibility index (Phi) is 7.87. The second-order valence-corrected chi connectivity index (χ2v) is 12.8. The van der Waals surface area contributed by atoms with Crippen LogP contribution >= 0.6 is 0 Å². The van der Waals surface area contributed by atoms with Gasteiger partial charge in [-0.25, -0.2) is 14.1 Å². The third kappa shape index (κ3) is 6.39. The van der Waals surface area contributed by atoms with Crippen molar-refractivity contribution in [3.05, 3.63) is 82.8 Å². The number of carbonyl (C=O) groups is 2. The molecule has 6 rings (SSSR count). The molecule has 3 heterocycles. The molecular weight excluding hydrogens is 542 g/mol. The van der Waals surface area contributed by atoms with Gasteiger partial charge in [0.25, 0.3) is 0 Å². The summed E-state index contributed by atoms with van der Waals surface area (Å²) in [5.74, 6) is 1.21. The van der Waals surface area contributed by atoms with Crippen molar-refractivity contribution < 1.29 is 14.2 Å². The molecule has 10 nitrogen and oxygen atoms in total. The number of amides is 2. The summed E-state index contributed by atoms with van der Waals surface area (Å²) in [5, 5.41) is 18.4. The number of anilines is 2. The predicted octanol–water partition coefficient (Wildman–Crippen LogP) is 5.96. The van der Waals surface area contributed by atoms with E-state index in [2.05, 4.69) is 58.8 Å². The monoisotopic (exact) mass is 581 g/mol. The summed E-state index contributed by atoms with van der Waals surface area (Å²) < 4.78 is 6.56. The Morgan fingerprint density at radius 2 is 1.70 bits per heavy atom. The first-order valence-corrected chi connectivity index (χ1v) is 15.1. The quantitative estimate of drug-likeness (QED) is 0.289. The van der Waals surface area contributed by atoms with Crippen LogP contribution in [0.25, 0.3) is 5.69 Å². The molecule has 2 aromatic carbocycles. The number of ketones is 1. The van der Waals surface area contributed by atoms with Gasteiger partial charge in [0, 0.05) is 17.2 Å². The van der Waals surface area contributed by atoms with E-state index in [4.69, 9.17) is 9.73 Å². The number of piperidine rings is 1. The zero-order valence-corrected chi connectivity index (χ0v) is 25.3. The van der Waals surface area contributed by atoms with Gasteiger partial charge in [0.1, 0.15) is 11.5 Å². The van der Waals surface area contributed by atoms with Crippen LogP contribution in [0.3, 0.4) is 0 Å². The van der Waals surface area contributed by atoms with E-state index in [0.717, 1.165) is 67.8 Å². The predicted molar refractivity (Wildman–Crippen MR) is 165 cm³/mol. The number of benzene rings is 2. The summed E-state index contributed by atoms with van der Waals surface area (Å²) in [4.78, 5) is 28.2. The van der Waals surface area contributed by atoms with E-state index in [-0.39, 0.29) is 23.3 Å². The summed E-state index contributed by atoms with van der Waals surface area (Å²) in [6, 6.07) is 17.6. The molecule has 2 aliphatic rings. The first-order chi connectivity index (χ1) is 20.6. The van der Waals surface area contributed by atoms with Crippen molar-refractivity contribution in [3.8, 4) is 5.69 Å². The van der Waals surface area contributed by atoms with E-state index in [1.165, 1.54) is 5.56 Å². The molecule has 2 aromatic heterocycles. The number of aromatic nitrogens is 4. The number of Topliss-reactive ketones (excluding diaryl/α,β-unsaturated/α-hetero) is 1. The van der Waals surface area contributed by atoms with Gasteiger partial charge in [-0.1, -0.05) is 55.8 Å². The minimum Gasteiger partial charge on any atom is -0.308 e. The van der Waals surface area contributed by atoms with Gasteiger partial charge in [-0.15, -0.1) is 0 Å². The summed E-state index contributed by atoms with van der Waals surface area (Å²) in [6.45, 7) is 10.2. The average Bonchev–Trinajstić information content (AvgIpc) is 3.64. The highest BCUT2D eigenvalue weighted by Crippen LogP contribution is 2.29. The lowest BCUT2D eigenvalue weighted by Gasteiger charge is -2.37. The molecule has 1 atom stereocenters. The number of hydrogen-bond acceptors (Lipinski definition) is 7. The van der Waals surface area contributed by atoms with Gasteiger partial charge < -0.3 is 5.32 Å². The van der Waals surface area contributed by atoms with Gasteiger partial charge in [0.15, 0.2) is 5.69 Å². The van der Waals surface area contributed by atoms with Crippen LogP contribution in [0.2, 0.25) is 0 Å². The minimum absolute atomic E-state index is 0.0438. The molecule has 1 unspecified atom stereocenters. The number of urea groups is 1. The fraction of sp³-hybridized carbons (Fsp3) is 0.424. The van der Waals surface area contributed by atoms with Gasteiger partial charge >= 0.3 is 6.03 Å². The third-order valence-electron chi connectivity index (χ3n) is 8.57. The standard InChI is InChI=1S/C33H39N7O3/c1-21-5-11-25(12-6-21)40-29(20-28(36-40)33(2,3)4)35-32(42)34-24-9-7-22(8-10-24)19-23-15-17-39(18-16-23)27-14-13-26-30(31(27)41)38-43-37-26/h5-12,20,23,27H,13-19H2,1-4H3,(H2,34,35,42). The molecule has 10 heteroatoms. The van der Waals surface area contributed by atoms with E-state index in [1.54, 1.807) is 4.68 Å². The van der Waals surface area contributed by atoms with Crippen LogP contribution in [0.5, 0.6) is 0 Å². The third-order valence-corrected chi connectivity index (χ3v) is 8.57. The molecule has 2 amide bonds. The second kappa shape index (κ2) is 11.8. The van der Waals surface area contributed by atoms with Gasteiger partial charge in [0.05, 0.1) is 17.4 Å². The Morgan fingerprint density at radius 3 is 2.40 bits per heavy atom. The van der Waals surface area contributed by atoms with Crippen molar-refractivity contribution in [2.45, 2.75) is 71.3 Å². The Morgan fingerprint density at radius 1 is 0.977 bits per heavy atom. The summed E-state index contributed by atoms with van der Waals surface area (Å²) in [7, 11) is 0. The molecule has 2 N–H and O–H groups in total. The minimum atomic E-state index is -0.320. The number of carbonyl (C=O) groups excluding carboxylic acids is 2. The van der Waals surface area contributed by atoms with Gasteiger partial charge in [0.2, 0.25) is 5.78 Å². The molecule has 1 aliphatic heterocycles. The highest BCUT2D eigenvalue weighted by Gasteiger charge is 2.37. The van der Waals surface area contributed by atoms with E-state index >= 15 is 0 Å². The molecule has 1 aliphatic carbocycles. The van der Waals surface area contributed by atoms with Gasteiger partial charge in [-0.05, 0) is 93.0 Å². The zero-order valence-electron chi connectivity index (χ0n) is 25.3.